The molecule has 0 saturated carbocycles. The minimum absolute atomic E-state index is 0.161. The molecule has 1 atom stereocenters. The molecule has 0 N–H and O–H groups in total. The van der Waals surface area contributed by atoms with Gasteiger partial charge in [-0.1, -0.05) is 88.7 Å². The molecular formula is C27H35BrClNOS. The number of hydrogen-bond donors (Lipinski definition) is 0. The molecule has 3 rings (SSSR count). The van der Waals surface area contributed by atoms with Crippen molar-refractivity contribution in [1.82, 2.24) is 4.90 Å². The van der Waals surface area contributed by atoms with Crippen molar-refractivity contribution in [2.45, 2.75) is 53.4 Å². The Morgan fingerprint density at radius 3 is 1.91 bits per heavy atom. The van der Waals surface area contributed by atoms with E-state index in [9.17, 15) is 4.79 Å². The highest BCUT2D eigenvalue weighted by atomic mass is 79.9. The summed E-state index contributed by atoms with van der Waals surface area (Å²) in [7, 11) is 0. The second kappa shape index (κ2) is 16.1. The Balaban J connectivity index is 0.000000297. The lowest BCUT2D eigenvalue weighted by Crippen LogP contribution is -2.31. The van der Waals surface area contributed by atoms with Crippen molar-refractivity contribution in [3.63, 3.8) is 0 Å². The van der Waals surface area contributed by atoms with Crippen molar-refractivity contribution in [3.8, 4) is 0 Å². The molecule has 0 aliphatic heterocycles. The molecule has 1 heterocycles. The lowest BCUT2D eigenvalue weighted by Gasteiger charge is -2.20. The second-order valence-electron chi connectivity index (χ2n) is 7.08. The summed E-state index contributed by atoms with van der Waals surface area (Å²) < 4.78 is 1.01. The van der Waals surface area contributed by atoms with Gasteiger partial charge in [0.05, 0.1) is 8.66 Å². The minimum atomic E-state index is 0.161. The standard InChI is InChI=1S/C14H13Cl.C11H16BrNOS.C2H6/c1-11(12-5-3-2-4-6-12)13-7-9-14(15)10-8-13;1-3-7-13(8-4-2)11(14)9-5-6-10(12)15-9;1-2/h2-11H,1H3;5-6H,3-4,7-8H2,1-2H3;1-2H3. The summed E-state index contributed by atoms with van der Waals surface area (Å²) in [6.07, 6.45) is 2.02. The van der Waals surface area contributed by atoms with Crippen LogP contribution in [0, 0.1) is 0 Å². The molecule has 1 aromatic heterocycles. The summed E-state index contributed by atoms with van der Waals surface area (Å²) in [6.45, 7) is 12.1. The largest absolute Gasteiger partial charge is 0.338 e. The van der Waals surface area contributed by atoms with E-state index < -0.39 is 0 Å². The summed E-state index contributed by atoms with van der Waals surface area (Å²) in [5.74, 6) is 0.581. The fourth-order valence-electron chi connectivity index (χ4n) is 3.13. The van der Waals surface area contributed by atoms with E-state index in [1.165, 1.54) is 22.5 Å². The van der Waals surface area contributed by atoms with Gasteiger partial charge in [-0.25, -0.2) is 0 Å². The van der Waals surface area contributed by atoms with Crippen LogP contribution in [0.4, 0.5) is 0 Å². The van der Waals surface area contributed by atoms with Crippen molar-refractivity contribution in [2.24, 2.45) is 0 Å². The molecule has 0 aliphatic rings. The molecule has 0 saturated heterocycles. The van der Waals surface area contributed by atoms with E-state index in [0.29, 0.717) is 5.92 Å². The Bertz CT molecular complexity index is 890. The molecule has 5 heteroatoms. The zero-order valence-electron chi connectivity index (χ0n) is 19.8. The fourth-order valence-corrected chi connectivity index (χ4v) is 4.61. The van der Waals surface area contributed by atoms with Gasteiger partial charge < -0.3 is 4.90 Å². The van der Waals surface area contributed by atoms with Crippen LogP contribution in [0.1, 0.15) is 74.2 Å². The summed E-state index contributed by atoms with van der Waals surface area (Å²) in [5.41, 5.74) is 2.63. The van der Waals surface area contributed by atoms with Crippen LogP contribution in [0.15, 0.2) is 70.5 Å². The van der Waals surface area contributed by atoms with Gasteiger partial charge in [0.25, 0.3) is 5.91 Å². The predicted octanol–water partition coefficient (Wildman–Crippen LogP) is 9.29. The van der Waals surface area contributed by atoms with Crippen LogP contribution >= 0.6 is 38.9 Å². The summed E-state index contributed by atoms with van der Waals surface area (Å²) in [4.78, 5) is 14.8. The Labute approximate surface area is 211 Å². The number of carbonyl (C=O) groups excluding carboxylic acids is 1. The molecule has 0 radical (unpaired) electrons. The number of carbonyl (C=O) groups is 1. The third kappa shape index (κ3) is 9.48. The smallest absolute Gasteiger partial charge is 0.263 e. The van der Waals surface area contributed by atoms with Gasteiger partial charge in [0.15, 0.2) is 0 Å². The number of benzene rings is 2. The quantitative estimate of drug-likeness (QED) is 0.294. The van der Waals surface area contributed by atoms with Crippen LogP contribution in [-0.4, -0.2) is 23.9 Å². The predicted molar refractivity (Wildman–Crippen MR) is 145 cm³/mol. The molecule has 0 bridgehead atoms. The van der Waals surface area contributed by atoms with Crippen LogP contribution in [0.3, 0.4) is 0 Å². The van der Waals surface area contributed by atoms with Crippen molar-refractivity contribution in [3.05, 3.63) is 91.5 Å². The lowest BCUT2D eigenvalue weighted by atomic mass is 9.93. The van der Waals surface area contributed by atoms with E-state index >= 15 is 0 Å². The number of hydrogen-bond acceptors (Lipinski definition) is 2. The first-order valence-electron chi connectivity index (χ1n) is 11.3. The van der Waals surface area contributed by atoms with Crippen molar-refractivity contribution in [2.75, 3.05) is 13.1 Å². The van der Waals surface area contributed by atoms with Gasteiger partial charge in [-0.3, -0.25) is 4.79 Å². The van der Waals surface area contributed by atoms with Crippen molar-refractivity contribution < 1.29 is 4.79 Å². The molecule has 1 unspecified atom stereocenters. The van der Waals surface area contributed by atoms with Crippen LogP contribution < -0.4 is 0 Å². The fraction of sp³-hybridized carbons (Fsp3) is 0.370. The van der Waals surface area contributed by atoms with Gasteiger partial charge in [-0.15, -0.1) is 11.3 Å². The highest BCUT2D eigenvalue weighted by Gasteiger charge is 2.15. The van der Waals surface area contributed by atoms with Crippen LogP contribution in [-0.2, 0) is 0 Å². The Morgan fingerprint density at radius 2 is 1.44 bits per heavy atom. The van der Waals surface area contributed by atoms with Gasteiger partial charge >= 0.3 is 0 Å². The maximum Gasteiger partial charge on any atom is 0.263 e. The number of thiophene rings is 1. The number of rotatable bonds is 7. The van der Waals surface area contributed by atoms with Crippen molar-refractivity contribution >= 4 is 44.8 Å². The zero-order chi connectivity index (χ0) is 23.9. The first-order chi connectivity index (χ1) is 15.5. The van der Waals surface area contributed by atoms with Crippen LogP contribution in [0.5, 0.6) is 0 Å². The first kappa shape index (κ1) is 28.4. The van der Waals surface area contributed by atoms with Gasteiger partial charge in [-0.2, -0.15) is 0 Å². The molecule has 0 fully saturated rings. The molecule has 174 valence electrons. The molecule has 1 amide bonds. The average molecular weight is 537 g/mol. The third-order valence-corrected chi connectivity index (χ3v) is 6.59. The van der Waals surface area contributed by atoms with Crippen LogP contribution in [0.2, 0.25) is 5.02 Å². The van der Waals surface area contributed by atoms with Gasteiger partial charge in [-0.05, 0) is 64.2 Å². The van der Waals surface area contributed by atoms with E-state index in [0.717, 1.165) is 39.6 Å². The summed E-state index contributed by atoms with van der Waals surface area (Å²) >= 11 is 10.7. The Hall–Kier alpha value is -1.62. The topological polar surface area (TPSA) is 20.3 Å². The van der Waals surface area contributed by atoms with E-state index in [1.807, 2.05) is 49.1 Å². The highest BCUT2D eigenvalue weighted by Crippen LogP contribution is 2.25. The number of amides is 1. The Kier molecular flexibility index (Phi) is 14.3. The number of nitrogens with zero attached hydrogens (tertiary/aromatic N) is 1. The van der Waals surface area contributed by atoms with Crippen molar-refractivity contribution in [1.29, 1.82) is 0 Å². The number of halogens is 2. The normalized spacial score (nSPS) is 10.8. The van der Waals surface area contributed by atoms with Gasteiger partial charge in [0, 0.05) is 24.0 Å². The minimum Gasteiger partial charge on any atom is -0.338 e. The Morgan fingerprint density at radius 1 is 0.906 bits per heavy atom. The van der Waals surface area contributed by atoms with E-state index in [4.69, 9.17) is 11.6 Å². The SMILES string of the molecule is CC.CC(c1ccccc1)c1ccc(Cl)cc1.CCCN(CCC)C(=O)c1ccc(Br)s1. The van der Waals surface area contributed by atoms with Gasteiger partial charge in [0.2, 0.25) is 0 Å². The van der Waals surface area contributed by atoms with Gasteiger partial charge in [0.1, 0.15) is 0 Å². The monoisotopic (exact) mass is 535 g/mol. The molecular weight excluding hydrogens is 502 g/mol. The molecule has 3 aromatic rings. The third-order valence-electron chi connectivity index (χ3n) is 4.73. The van der Waals surface area contributed by atoms with Crippen LogP contribution in [0.25, 0.3) is 0 Å². The molecule has 0 aliphatic carbocycles. The summed E-state index contributed by atoms with van der Waals surface area (Å²) in [5, 5.41) is 0.791. The zero-order valence-corrected chi connectivity index (χ0v) is 22.9. The van der Waals surface area contributed by atoms with E-state index in [-0.39, 0.29) is 5.91 Å². The maximum absolute atomic E-state index is 12.1. The maximum atomic E-state index is 12.1. The molecule has 0 spiro atoms. The highest BCUT2D eigenvalue weighted by molar-refractivity contribution is 9.11. The van der Waals surface area contributed by atoms with E-state index in [2.05, 4.69) is 73.1 Å². The molecule has 2 aromatic carbocycles. The van der Waals surface area contributed by atoms with E-state index in [1.54, 1.807) is 0 Å². The lowest BCUT2D eigenvalue weighted by molar-refractivity contribution is 0.0760. The average Bonchev–Trinajstić information content (AvgIpc) is 3.27. The second-order valence-corrected chi connectivity index (χ2v) is 9.98. The molecule has 32 heavy (non-hydrogen) atoms. The molecule has 2 nitrogen and oxygen atoms in total. The first-order valence-corrected chi connectivity index (χ1v) is 13.3. The summed E-state index contributed by atoms with van der Waals surface area (Å²) in [6, 6.07) is 22.3.